The highest BCUT2D eigenvalue weighted by atomic mass is 32.2. The highest BCUT2D eigenvalue weighted by molar-refractivity contribution is 8.05. The zero-order valence-corrected chi connectivity index (χ0v) is 23.3. The standard InChI is InChI=1S/C29H34N4O3S2/c1-20(7-8-32-9-13-35-14-10-32)30-21-5-6-25-27(17-21)37-26-4-2-3-23(29(26)38-25)24-18-22(19-28(34)31-24)33-11-15-36-16-12-33/h2-6,17-20,30H,7-16H2,1H3,(H,31,34). The van der Waals surface area contributed by atoms with E-state index in [2.05, 4.69) is 69.5 Å². The fourth-order valence-corrected chi connectivity index (χ4v) is 7.55. The number of nitrogens with zero attached hydrogens (tertiary/aromatic N) is 2. The van der Waals surface area contributed by atoms with Crippen molar-refractivity contribution < 1.29 is 9.47 Å². The van der Waals surface area contributed by atoms with E-state index in [4.69, 9.17) is 9.47 Å². The van der Waals surface area contributed by atoms with Gasteiger partial charge in [-0.2, -0.15) is 0 Å². The summed E-state index contributed by atoms with van der Waals surface area (Å²) in [4.78, 5) is 25.3. The lowest BCUT2D eigenvalue weighted by atomic mass is 10.1. The Bertz CT molecular complexity index is 1340. The number of H-pyrrole nitrogens is 1. The molecule has 4 heterocycles. The maximum absolute atomic E-state index is 12.6. The summed E-state index contributed by atoms with van der Waals surface area (Å²) in [5, 5.41) is 3.70. The van der Waals surface area contributed by atoms with Crippen LogP contribution < -0.4 is 15.8 Å². The van der Waals surface area contributed by atoms with Gasteiger partial charge in [-0.3, -0.25) is 9.69 Å². The van der Waals surface area contributed by atoms with Crippen molar-refractivity contribution in [2.75, 3.05) is 69.4 Å². The molecular formula is C29H34N4O3S2. The second-order valence-electron chi connectivity index (χ2n) is 10.0. The lowest BCUT2D eigenvalue weighted by Gasteiger charge is -2.29. The molecule has 2 aromatic carbocycles. The van der Waals surface area contributed by atoms with E-state index in [1.54, 1.807) is 29.6 Å². The lowest BCUT2D eigenvalue weighted by Crippen LogP contribution is -2.38. The van der Waals surface area contributed by atoms with Crippen LogP contribution in [-0.4, -0.2) is 75.1 Å². The number of hydrogen-bond acceptors (Lipinski definition) is 8. The third-order valence-corrected chi connectivity index (χ3v) is 9.84. The molecule has 3 aliphatic heterocycles. The number of aromatic nitrogens is 1. The minimum atomic E-state index is -0.0751. The monoisotopic (exact) mass is 550 g/mol. The number of pyridine rings is 1. The van der Waals surface area contributed by atoms with Gasteiger partial charge in [-0.1, -0.05) is 35.7 Å². The van der Waals surface area contributed by atoms with E-state index in [0.29, 0.717) is 19.3 Å². The minimum Gasteiger partial charge on any atom is -0.383 e. The summed E-state index contributed by atoms with van der Waals surface area (Å²) in [6.45, 7) is 10.1. The molecule has 0 aliphatic carbocycles. The fraction of sp³-hybridized carbons (Fsp3) is 0.414. The molecule has 1 aromatic heterocycles. The van der Waals surface area contributed by atoms with Crippen molar-refractivity contribution >= 4 is 34.9 Å². The SMILES string of the molecule is CC(CCN1CCOCC1)Nc1ccc2c(c1)Sc1cccc(-c3cc(N4CCOCC4)cc(=O)[nH]3)c1S2. The maximum Gasteiger partial charge on any atom is 0.250 e. The number of ether oxygens (including phenoxy) is 2. The zero-order chi connectivity index (χ0) is 25.9. The van der Waals surface area contributed by atoms with E-state index < -0.39 is 0 Å². The average molecular weight is 551 g/mol. The van der Waals surface area contributed by atoms with Crippen LogP contribution in [0.5, 0.6) is 0 Å². The van der Waals surface area contributed by atoms with Crippen LogP contribution in [0, 0.1) is 0 Å². The normalized spacial score (nSPS) is 18.5. The molecule has 0 saturated carbocycles. The Morgan fingerprint density at radius 1 is 0.921 bits per heavy atom. The molecule has 200 valence electrons. The van der Waals surface area contributed by atoms with Gasteiger partial charge in [-0.25, -0.2) is 0 Å². The van der Waals surface area contributed by atoms with E-state index in [0.717, 1.165) is 75.0 Å². The quantitative estimate of drug-likeness (QED) is 0.333. The summed E-state index contributed by atoms with van der Waals surface area (Å²) >= 11 is 3.59. The Morgan fingerprint density at radius 2 is 1.71 bits per heavy atom. The molecule has 0 radical (unpaired) electrons. The number of hydrogen-bond donors (Lipinski definition) is 2. The molecule has 2 fully saturated rings. The van der Waals surface area contributed by atoms with Gasteiger partial charge in [0.05, 0.1) is 32.1 Å². The topological polar surface area (TPSA) is 69.8 Å². The number of anilines is 2. The Balaban J connectivity index is 1.18. The van der Waals surface area contributed by atoms with Gasteiger partial charge in [-0.05, 0) is 43.7 Å². The van der Waals surface area contributed by atoms with E-state index in [1.165, 1.54) is 19.6 Å². The summed E-state index contributed by atoms with van der Waals surface area (Å²) in [6, 6.07) is 17.2. The first-order chi connectivity index (χ1) is 18.6. The predicted octanol–water partition coefficient (Wildman–Crippen LogP) is 5.02. The molecule has 2 saturated heterocycles. The molecule has 2 N–H and O–H groups in total. The molecule has 3 aliphatic rings. The average Bonchev–Trinajstić information content (AvgIpc) is 2.95. The smallest absolute Gasteiger partial charge is 0.250 e. The zero-order valence-electron chi connectivity index (χ0n) is 21.7. The number of fused-ring (bicyclic) bond motifs is 2. The van der Waals surface area contributed by atoms with Crippen LogP contribution in [0.2, 0.25) is 0 Å². The van der Waals surface area contributed by atoms with Gasteiger partial charge in [0.2, 0.25) is 5.56 Å². The molecule has 0 amide bonds. The largest absolute Gasteiger partial charge is 0.383 e. The van der Waals surface area contributed by atoms with Crippen molar-refractivity contribution in [3.8, 4) is 11.3 Å². The molecular weight excluding hydrogens is 516 g/mol. The first-order valence-corrected chi connectivity index (χ1v) is 15.0. The van der Waals surface area contributed by atoms with Crippen molar-refractivity contribution in [1.29, 1.82) is 0 Å². The summed E-state index contributed by atoms with van der Waals surface area (Å²) in [7, 11) is 0. The highest BCUT2D eigenvalue weighted by Crippen LogP contribution is 2.52. The van der Waals surface area contributed by atoms with Crippen LogP contribution in [0.15, 0.2) is 72.9 Å². The molecule has 1 unspecified atom stereocenters. The molecule has 38 heavy (non-hydrogen) atoms. The van der Waals surface area contributed by atoms with Crippen molar-refractivity contribution in [1.82, 2.24) is 9.88 Å². The van der Waals surface area contributed by atoms with Gasteiger partial charge >= 0.3 is 0 Å². The predicted molar refractivity (Wildman–Crippen MR) is 155 cm³/mol. The second kappa shape index (κ2) is 11.8. The molecule has 1 atom stereocenters. The fourth-order valence-electron chi connectivity index (χ4n) is 5.14. The molecule has 6 rings (SSSR count). The molecule has 9 heteroatoms. The molecule has 7 nitrogen and oxygen atoms in total. The lowest BCUT2D eigenvalue weighted by molar-refractivity contribution is 0.0370. The van der Waals surface area contributed by atoms with E-state index in [1.807, 2.05) is 0 Å². The van der Waals surface area contributed by atoms with Crippen molar-refractivity contribution in [3.63, 3.8) is 0 Å². The Morgan fingerprint density at radius 3 is 2.53 bits per heavy atom. The number of rotatable bonds is 7. The summed E-state index contributed by atoms with van der Waals surface area (Å²) in [6.07, 6.45) is 1.10. The van der Waals surface area contributed by atoms with Gasteiger partial charge in [0.25, 0.3) is 0 Å². The number of morpholine rings is 2. The van der Waals surface area contributed by atoms with Crippen molar-refractivity contribution in [2.24, 2.45) is 0 Å². The van der Waals surface area contributed by atoms with Crippen LogP contribution in [0.4, 0.5) is 11.4 Å². The van der Waals surface area contributed by atoms with Crippen LogP contribution in [0.3, 0.4) is 0 Å². The first kappa shape index (κ1) is 25.8. The number of nitrogens with one attached hydrogen (secondary N) is 2. The summed E-state index contributed by atoms with van der Waals surface area (Å²) in [5.41, 5.74) is 3.97. The first-order valence-electron chi connectivity index (χ1n) is 13.4. The molecule has 3 aromatic rings. The van der Waals surface area contributed by atoms with Gasteiger partial charge in [0.1, 0.15) is 0 Å². The second-order valence-corrected chi connectivity index (χ2v) is 12.1. The van der Waals surface area contributed by atoms with Crippen LogP contribution in [0.25, 0.3) is 11.3 Å². The third kappa shape index (κ3) is 5.92. The number of aromatic amines is 1. The van der Waals surface area contributed by atoms with Gasteiger partial charge in [-0.15, -0.1) is 0 Å². The van der Waals surface area contributed by atoms with Crippen molar-refractivity contribution in [2.45, 2.75) is 39.0 Å². The Labute approximate surface area is 232 Å². The Hall–Kier alpha value is -2.43. The van der Waals surface area contributed by atoms with E-state index in [-0.39, 0.29) is 5.56 Å². The summed E-state index contributed by atoms with van der Waals surface area (Å²) in [5.74, 6) is 0. The highest BCUT2D eigenvalue weighted by Gasteiger charge is 2.22. The third-order valence-electron chi connectivity index (χ3n) is 7.25. The van der Waals surface area contributed by atoms with Gasteiger partial charge in [0, 0.05) is 81.4 Å². The van der Waals surface area contributed by atoms with Crippen LogP contribution in [0.1, 0.15) is 13.3 Å². The molecule has 0 spiro atoms. The van der Waals surface area contributed by atoms with Gasteiger partial charge < -0.3 is 24.7 Å². The van der Waals surface area contributed by atoms with Crippen LogP contribution in [-0.2, 0) is 9.47 Å². The summed E-state index contributed by atoms with van der Waals surface area (Å²) < 4.78 is 11.0. The number of benzene rings is 2. The van der Waals surface area contributed by atoms with Gasteiger partial charge in [0.15, 0.2) is 0 Å². The minimum absolute atomic E-state index is 0.0751. The van der Waals surface area contributed by atoms with Crippen molar-refractivity contribution in [3.05, 3.63) is 58.9 Å². The van der Waals surface area contributed by atoms with Crippen LogP contribution >= 0.6 is 23.5 Å². The maximum atomic E-state index is 12.6. The molecule has 0 bridgehead atoms. The van der Waals surface area contributed by atoms with E-state index in [9.17, 15) is 4.79 Å². The van der Waals surface area contributed by atoms with E-state index >= 15 is 0 Å². The Kier molecular flexibility index (Phi) is 7.99.